The first-order valence-corrected chi connectivity index (χ1v) is 11.3. The van der Waals surface area contributed by atoms with Gasteiger partial charge in [0.1, 0.15) is 0 Å². The van der Waals surface area contributed by atoms with Crippen molar-refractivity contribution in [2.24, 2.45) is 52.6 Å². The molecule has 4 rings (SSSR count). The molecule has 0 saturated heterocycles. The minimum Gasteiger partial charge on any atom is -0.328 e. The molecule has 140 valence electrons. The van der Waals surface area contributed by atoms with Crippen molar-refractivity contribution in [1.29, 1.82) is 0 Å². The molecule has 0 aromatic rings. The topological polar surface area (TPSA) is 26.0 Å². The van der Waals surface area contributed by atoms with Crippen molar-refractivity contribution in [2.45, 2.75) is 98.4 Å². The molecule has 0 radical (unpaired) electrons. The number of fused-ring (bicyclic) bond motifs is 5. The van der Waals surface area contributed by atoms with E-state index in [1.54, 1.807) is 19.3 Å². The Labute approximate surface area is 151 Å². The summed E-state index contributed by atoms with van der Waals surface area (Å²) < 4.78 is 0. The summed E-state index contributed by atoms with van der Waals surface area (Å²) in [6, 6.07) is 0.401. The van der Waals surface area contributed by atoms with Gasteiger partial charge in [0, 0.05) is 6.04 Å². The van der Waals surface area contributed by atoms with Gasteiger partial charge in [-0.15, -0.1) is 0 Å². The van der Waals surface area contributed by atoms with Crippen LogP contribution in [0.2, 0.25) is 0 Å². The molecule has 0 amide bonds. The van der Waals surface area contributed by atoms with Gasteiger partial charge in [0.2, 0.25) is 0 Å². The molecule has 0 aromatic carbocycles. The summed E-state index contributed by atoms with van der Waals surface area (Å²) in [7, 11) is 0. The highest BCUT2D eigenvalue weighted by Crippen LogP contribution is 2.64. The molecule has 2 N–H and O–H groups in total. The van der Waals surface area contributed by atoms with E-state index in [-0.39, 0.29) is 0 Å². The first-order chi connectivity index (χ1) is 11.5. The average molecular weight is 334 g/mol. The van der Waals surface area contributed by atoms with Crippen molar-refractivity contribution in [1.82, 2.24) is 0 Å². The number of hydrogen-bond acceptors (Lipinski definition) is 1. The Bertz CT molecular complexity index is 416. The second-order valence-electron chi connectivity index (χ2n) is 9.94. The zero-order chi connectivity index (χ0) is 17.5. The van der Waals surface area contributed by atoms with Crippen LogP contribution in [0.3, 0.4) is 0 Å². The minimum absolute atomic E-state index is 0.401. The number of nitrogens with two attached hydrogens (primary N) is 1. The SMILES string of the molecule is CC.CC1CCC2C(CCC3C2CCC2(C)C(C(C)N)CCC32)C1. The van der Waals surface area contributed by atoms with E-state index in [1.807, 2.05) is 13.8 Å². The van der Waals surface area contributed by atoms with Gasteiger partial charge in [-0.2, -0.15) is 0 Å². The summed E-state index contributed by atoms with van der Waals surface area (Å²) in [5, 5.41) is 0. The monoisotopic (exact) mass is 333 g/mol. The van der Waals surface area contributed by atoms with Crippen LogP contribution in [0.5, 0.6) is 0 Å². The third kappa shape index (κ3) is 2.97. The molecule has 0 heterocycles. The van der Waals surface area contributed by atoms with Gasteiger partial charge in [0.15, 0.2) is 0 Å². The van der Waals surface area contributed by atoms with Crippen molar-refractivity contribution in [3.05, 3.63) is 0 Å². The first-order valence-electron chi connectivity index (χ1n) is 11.3. The fourth-order valence-corrected chi connectivity index (χ4v) is 7.99. The molecule has 9 atom stereocenters. The van der Waals surface area contributed by atoms with Crippen LogP contribution in [-0.2, 0) is 0 Å². The van der Waals surface area contributed by atoms with Gasteiger partial charge in [-0.25, -0.2) is 0 Å². The summed E-state index contributed by atoms with van der Waals surface area (Å²) >= 11 is 0. The molecule has 4 saturated carbocycles. The van der Waals surface area contributed by atoms with E-state index in [2.05, 4.69) is 20.8 Å². The largest absolute Gasteiger partial charge is 0.328 e. The second kappa shape index (κ2) is 7.29. The Hall–Kier alpha value is -0.0400. The van der Waals surface area contributed by atoms with Gasteiger partial charge < -0.3 is 5.73 Å². The fraction of sp³-hybridized carbons (Fsp3) is 1.00. The lowest BCUT2D eigenvalue weighted by molar-refractivity contribution is -0.0689. The standard InChI is InChI=1S/C21H37N.C2H6/c1-13-4-6-16-15(12-13)5-7-18-17(16)10-11-21(3)19(14(2)22)8-9-20(18)21;1-2/h13-20H,4-12,22H2,1-3H3;1-2H3. The van der Waals surface area contributed by atoms with Gasteiger partial charge in [-0.1, -0.05) is 34.1 Å². The van der Waals surface area contributed by atoms with Crippen LogP contribution < -0.4 is 5.73 Å². The van der Waals surface area contributed by atoms with Gasteiger partial charge >= 0.3 is 0 Å². The molecule has 0 aromatic heterocycles. The fourth-order valence-electron chi connectivity index (χ4n) is 7.99. The Morgan fingerprint density at radius 2 is 1.58 bits per heavy atom. The molecule has 0 bridgehead atoms. The summed E-state index contributed by atoms with van der Waals surface area (Å²) in [5.74, 6) is 7.10. The molecular weight excluding hydrogens is 290 g/mol. The third-order valence-electron chi connectivity index (χ3n) is 8.92. The van der Waals surface area contributed by atoms with Crippen LogP contribution >= 0.6 is 0 Å². The first kappa shape index (κ1) is 18.7. The van der Waals surface area contributed by atoms with E-state index < -0.39 is 0 Å². The Morgan fingerprint density at radius 1 is 0.875 bits per heavy atom. The van der Waals surface area contributed by atoms with E-state index in [0.717, 1.165) is 41.4 Å². The molecule has 4 aliphatic carbocycles. The van der Waals surface area contributed by atoms with E-state index >= 15 is 0 Å². The van der Waals surface area contributed by atoms with Crippen LogP contribution in [-0.4, -0.2) is 6.04 Å². The highest BCUT2D eigenvalue weighted by molar-refractivity contribution is 5.07. The van der Waals surface area contributed by atoms with Gasteiger partial charge in [-0.05, 0) is 105 Å². The lowest BCUT2D eigenvalue weighted by atomic mass is 9.49. The third-order valence-corrected chi connectivity index (χ3v) is 8.92. The van der Waals surface area contributed by atoms with E-state index in [1.165, 1.54) is 38.5 Å². The predicted octanol–water partition coefficient (Wildman–Crippen LogP) is 6.26. The maximum Gasteiger partial charge on any atom is 0.00440 e. The second-order valence-corrected chi connectivity index (χ2v) is 9.94. The number of rotatable bonds is 1. The van der Waals surface area contributed by atoms with Crippen LogP contribution in [0.25, 0.3) is 0 Å². The Kier molecular flexibility index (Phi) is 5.70. The highest BCUT2D eigenvalue weighted by atomic mass is 14.7. The number of hydrogen-bond donors (Lipinski definition) is 1. The van der Waals surface area contributed by atoms with Crippen molar-refractivity contribution >= 4 is 0 Å². The van der Waals surface area contributed by atoms with Crippen molar-refractivity contribution in [3.8, 4) is 0 Å². The molecule has 9 unspecified atom stereocenters. The molecule has 1 nitrogen and oxygen atoms in total. The van der Waals surface area contributed by atoms with Crippen LogP contribution in [0.15, 0.2) is 0 Å². The summed E-state index contributed by atoms with van der Waals surface area (Å²) in [6.45, 7) is 11.4. The van der Waals surface area contributed by atoms with Crippen molar-refractivity contribution in [3.63, 3.8) is 0 Å². The highest BCUT2D eigenvalue weighted by Gasteiger charge is 2.57. The van der Waals surface area contributed by atoms with Crippen LogP contribution in [0, 0.1) is 46.8 Å². The van der Waals surface area contributed by atoms with E-state index in [4.69, 9.17) is 5.73 Å². The maximum atomic E-state index is 6.38. The van der Waals surface area contributed by atoms with Crippen LogP contribution in [0.1, 0.15) is 92.4 Å². The van der Waals surface area contributed by atoms with Crippen LogP contribution in [0.4, 0.5) is 0 Å². The Balaban J connectivity index is 0.000000815. The molecule has 0 aliphatic heterocycles. The quantitative estimate of drug-likeness (QED) is 0.601. The molecule has 1 heteroatoms. The summed E-state index contributed by atoms with van der Waals surface area (Å²) in [6.07, 6.45) is 13.6. The molecular formula is C23H43N. The zero-order valence-electron chi connectivity index (χ0n) is 17.1. The van der Waals surface area contributed by atoms with Gasteiger partial charge in [0.25, 0.3) is 0 Å². The molecule has 0 spiro atoms. The summed E-state index contributed by atoms with van der Waals surface area (Å²) in [5.41, 5.74) is 6.95. The van der Waals surface area contributed by atoms with Gasteiger partial charge in [-0.3, -0.25) is 0 Å². The Morgan fingerprint density at radius 3 is 2.29 bits per heavy atom. The normalized spacial score (nSPS) is 51.5. The van der Waals surface area contributed by atoms with E-state index in [9.17, 15) is 0 Å². The average Bonchev–Trinajstić information content (AvgIpc) is 2.93. The summed E-state index contributed by atoms with van der Waals surface area (Å²) in [4.78, 5) is 0. The lowest BCUT2D eigenvalue weighted by Crippen LogP contribution is -2.50. The predicted molar refractivity (Wildman–Crippen MR) is 105 cm³/mol. The zero-order valence-corrected chi connectivity index (χ0v) is 17.1. The van der Waals surface area contributed by atoms with Crippen molar-refractivity contribution in [2.75, 3.05) is 0 Å². The smallest absolute Gasteiger partial charge is 0.00440 e. The maximum absolute atomic E-state index is 6.38. The van der Waals surface area contributed by atoms with Crippen molar-refractivity contribution < 1.29 is 0 Å². The lowest BCUT2D eigenvalue weighted by Gasteiger charge is -2.56. The molecule has 24 heavy (non-hydrogen) atoms. The minimum atomic E-state index is 0.401. The molecule has 4 fully saturated rings. The van der Waals surface area contributed by atoms with E-state index in [0.29, 0.717) is 11.5 Å². The van der Waals surface area contributed by atoms with Gasteiger partial charge in [0.05, 0.1) is 0 Å². The molecule has 4 aliphatic rings.